The van der Waals surface area contributed by atoms with Crippen molar-refractivity contribution in [2.75, 3.05) is 39.3 Å². The lowest BCUT2D eigenvalue weighted by Gasteiger charge is -2.37. The summed E-state index contributed by atoms with van der Waals surface area (Å²) in [4.78, 5) is 4.91. The van der Waals surface area contributed by atoms with Crippen LogP contribution in [-0.4, -0.2) is 61.3 Å². The molecule has 0 amide bonds. The fourth-order valence-corrected chi connectivity index (χ4v) is 3.32. The quantitative estimate of drug-likeness (QED) is 0.716. The normalized spacial score (nSPS) is 26.5. The van der Waals surface area contributed by atoms with Crippen LogP contribution in [0.5, 0.6) is 0 Å². The van der Waals surface area contributed by atoms with Gasteiger partial charge in [-0.15, -0.1) is 0 Å². The van der Waals surface area contributed by atoms with Crippen molar-refractivity contribution in [1.82, 2.24) is 9.80 Å². The molecule has 114 valence electrons. The maximum atomic E-state index is 9.22. The van der Waals surface area contributed by atoms with Crippen molar-refractivity contribution in [3.05, 3.63) is 0 Å². The van der Waals surface area contributed by atoms with Gasteiger partial charge in [0.2, 0.25) is 0 Å². The van der Waals surface area contributed by atoms with Crippen molar-refractivity contribution in [2.24, 2.45) is 0 Å². The van der Waals surface area contributed by atoms with E-state index in [2.05, 4.69) is 22.8 Å². The minimum Gasteiger partial charge on any atom is -0.378 e. The van der Waals surface area contributed by atoms with Gasteiger partial charge in [0.15, 0.2) is 0 Å². The van der Waals surface area contributed by atoms with E-state index in [1.54, 1.807) is 0 Å². The van der Waals surface area contributed by atoms with Crippen LogP contribution in [0.3, 0.4) is 0 Å². The van der Waals surface area contributed by atoms with E-state index < -0.39 is 0 Å². The van der Waals surface area contributed by atoms with E-state index in [-0.39, 0.29) is 6.04 Å². The van der Waals surface area contributed by atoms with E-state index in [0.29, 0.717) is 6.10 Å². The SMILES string of the molecule is CCCC(C#N)N1CCN(CCCC2CCCO2)CC1. The van der Waals surface area contributed by atoms with Crippen LogP contribution in [0.2, 0.25) is 0 Å². The van der Waals surface area contributed by atoms with Gasteiger partial charge < -0.3 is 9.64 Å². The first-order valence-electron chi connectivity index (χ1n) is 8.31. The lowest BCUT2D eigenvalue weighted by Crippen LogP contribution is -2.50. The average Bonchev–Trinajstić information content (AvgIpc) is 2.99. The molecular formula is C16H29N3O. The summed E-state index contributed by atoms with van der Waals surface area (Å²) in [7, 11) is 0. The number of hydrogen-bond donors (Lipinski definition) is 0. The molecule has 0 aliphatic carbocycles. The zero-order valence-electron chi connectivity index (χ0n) is 12.9. The van der Waals surface area contributed by atoms with Gasteiger partial charge in [-0.3, -0.25) is 4.90 Å². The van der Waals surface area contributed by atoms with Crippen molar-refractivity contribution in [3.63, 3.8) is 0 Å². The Morgan fingerprint density at radius 1 is 1.30 bits per heavy atom. The van der Waals surface area contributed by atoms with Crippen LogP contribution in [-0.2, 0) is 4.74 Å². The highest BCUT2D eigenvalue weighted by molar-refractivity contribution is 4.93. The zero-order chi connectivity index (χ0) is 14.2. The van der Waals surface area contributed by atoms with Crippen LogP contribution < -0.4 is 0 Å². The van der Waals surface area contributed by atoms with Crippen LogP contribution in [0, 0.1) is 11.3 Å². The van der Waals surface area contributed by atoms with E-state index in [0.717, 1.165) is 45.6 Å². The second-order valence-electron chi connectivity index (χ2n) is 6.09. The molecule has 0 aromatic rings. The van der Waals surface area contributed by atoms with Gasteiger partial charge >= 0.3 is 0 Å². The zero-order valence-corrected chi connectivity index (χ0v) is 12.9. The van der Waals surface area contributed by atoms with Gasteiger partial charge in [0.05, 0.1) is 18.2 Å². The van der Waals surface area contributed by atoms with E-state index >= 15 is 0 Å². The molecule has 0 N–H and O–H groups in total. The molecule has 0 spiro atoms. The lowest BCUT2D eigenvalue weighted by atomic mass is 10.1. The van der Waals surface area contributed by atoms with Gasteiger partial charge in [-0.25, -0.2) is 0 Å². The van der Waals surface area contributed by atoms with Crippen molar-refractivity contribution in [2.45, 2.75) is 57.6 Å². The molecule has 2 aliphatic rings. The molecule has 2 aliphatic heterocycles. The Balaban J connectivity index is 1.60. The van der Waals surface area contributed by atoms with Crippen molar-refractivity contribution < 1.29 is 4.74 Å². The second kappa shape index (κ2) is 8.61. The molecule has 20 heavy (non-hydrogen) atoms. The number of nitriles is 1. The van der Waals surface area contributed by atoms with Crippen LogP contribution in [0.4, 0.5) is 0 Å². The molecule has 2 saturated heterocycles. The molecule has 2 fully saturated rings. The topological polar surface area (TPSA) is 39.5 Å². The molecule has 0 saturated carbocycles. The predicted molar refractivity (Wildman–Crippen MR) is 80.5 cm³/mol. The summed E-state index contributed by atoms with van der Waals surface area (Å²) >= 11 is 0. The fourth-order valence-electron chi connectivity index (χ4n) is 3.32. The van der Waals surface area contributed by atoms with Crippen molar-refractivity contribution in [3.8, 4) is 6.07 Å². The molecule has 0 bridgehead atoms. The third kappa shape index (κ3) is 4.73. The molecular weight excluding hydrogens is 250 g/mol. The minimum absolute atomic E-state index is 0.133. The summed E-state index contributed by atoms with van der Waals surface area (Å²) in [5.74, 6) is 0. The Kier molecular flexibility index (Phi) is 6.78. The number of ether oxygens (including phenoxy) is 1. The standard InChI is InChI=1S/C16H29N3O/c1-2-5-15(14-17)19-11-9-18(10-12-19)8-3-6-16-7-4-13-20-16/h15-16H,2-13H2,1H3. The average molecular weight is 279 g/mol. The Hall–Kier alpha value is -0.630. The molecule has 2 atom stereocenters. The lowest BCUT2D eigenvalue weighted by molar-refractivity contribution is 0.0866. The number of piperazine rings is 1. The van der Waals surface area contributed by atoms with E-state index in [4.69, 9.17) is 4.74 Å². The Labute approximate surface area is 123 Å². The largest absolute Gasteiger partial charge is 0.378 e. The van der Waals surface area contributed by atoms with Crippen molar-refractivity contribution in [1.29, 1.82) is 5.26 Å². The third-order valence-electron chi connectivity index (χ3n) is 4.58. The molecule has 2 heterocycles. The second-order valence-corrected chi connectivity index (χ2v) is 6.09. The molecule has 2 rings (SSSR count). The highest BCUT2D eigenvalue weighted by Gasteiger charge is 2.23. The summed E-state index contributed by atoms with van der Waals surface area (Å²) in [5.41, 5.74) is 0. The first kappa shape index (κ1) is 15.8. The minimum atomic E-state index is 0.133. The van der Waals surface area contributed by atoms with E-state index in [1.165, 1.54) is 32.2 Å². The van der Waals surface area contributed by atoms with Gasteiger partial charge in [-0.1, -0.05) is 13.3 Å². The van der Waals surface area contributed by atoms with Crippen LogP contribution >= 0.6 is 0 Å². The van der Waals surface area contributed by atoms with Gasteiger partial charge in [0.1, 0.15) is 0 Å². The smallest absolute Gasteiger partial charge is 0.0978 e. The predicted octanol–water partition coefficient (Wildman–Crippen LogP) is 2.26. The molecule has 0 radical (unpaired) electrons. The molecule has 4 heteroatoms. The Bertz CT molecular complexity index is 301. The summed E-state index contributed by atoms with van der Waals surface area (Å²) in [6.45, 7) is 8.66. The van der Waals surface area contributed by atoms with Gasteiger partial charge in [0, 0.05) is 32.8 Å². The van der Waals surface area contributed by atoms with Gasteiger partial charge in [-0.2, -0.15) is 5.26 Å². The number of rotatable bonds is 7. The van der Waals surface area contributed by atoms with Crippen LogP contribution in [0.25, 0.3) is 0 Å². The number of hydrogen-bond acceptors (Lipinski definition) is 4. The van der Waals surface area contributed by atoms with Gasteiger partial charge in [-0.05, 0) is 38.6 Å². The molecule has 0 aromatic heterocycles. The summed E-state index contributed by atoms with van der Waals surface area (Å²) in [5, 5.41) is 9.22. The Morgan fingerprint density at radius 3 is 2.70 bits per heavy atom. The maximum Gasteiger partial charge on any atom is 0.0978 e. The first-order chi connectivity index (χ1) is 9.83. The highest BCUT2D eigenvalue weighted by Crippen LogP contribution is 2.17. The Morgan fingerprint density at radius 2 is 2.10 bits per heavy atom. The summed E-state index contributed by atoms with van der Waals surface area (Å²) in [6, 6.07) is 2.59. The molecule has 0 aromatic carbocycles. The summed E-state index contributed by atoms with van der Waals surface area (Å²) in [6.07, 6.45) is 7.61. The molecule has 4 nitrogen and oxygen atoms in total. The number of nitrogens with zero attached hydrogens (tertiary/aromatic N) is 3. The third-order valence-corrected chi connectivity index (χ3v) is 4.58. The first-order valence-corrected chi connectivity index (χ1v) is 8.31. The van der Waals surface area contributed by atoms with Crippen LogP contribution in [0.1, 0.15) is 45.4 Å². The molecule has 2 unspecified atom stereocenters. The summed E-state index contributed by atoms with van der Waals surface area (Å²) < 4.78 is 5.67. The monoisotopic (exact) mass is 279 g/mol. The highest BCUT2D eigenvalue weighted by atomic mass is 16.5. The van der Waals surface area contributed by atoms with E-state index in [9.17, 15) is 5.26 Å². The van der Waals surface area contributed by atoms with Crippen molar-refractivity contribution >= 4 is 0 Å². The van der Waals surface area contributed by atoms with Gasteiger partial charge in [0.25, 0.3) is 0 Å². The maximum absolute atomic E-state index is 9.22. The van der Waals surface area contributed by atoms with Crippen LogP contribution in [0.15, 0.2) is 0 Å². The fraction of sp³-hybridized carbons (Fsp3) is 0.938. The van der Waals surface area contributed by atoms with E-state index in [1.807, 2.05) is 0 Å².